The number of anilines is 1. The standard InChI is InChI=1S/C19H18N4O4/c1-3-26-19(25)12-6-4-5-7-13(12)22-17(24)14-11(2)27-18-15(14)16-20-8-9-23(16)10-21-18/h4-7,10H,3,8-9H2,1-2H3,(H,22,24). The topological polar surface area (TPSA) is 96.5 Å². The average Bonchev–Trinajstić information content (AvgIpc) is 3.25. The van der Waals surface area contributed by atoms with Crippen molar-refractivity contribution in [3.05, 3.63) is 46.7 Å². The number of nitrogens with one attached hydrogen (secondary N) is 1. The van der Waals surface area contributed by atoms with Crippen LogP contribution in [0, 0.1) is 6.92 Å². The van der Waals surface area contributed by atoms with Crippen molar-refractivity contribution in [2.24, 2.45) is 9.98 Å². The fourth-order valence-electron chi connectivity index (χ4n) is 3.18. The van der Waals surface area contributed by atoms with E-state index in [1.807, 2.05) is 4.90 Å². The molecule has 2 aliphatic rings. The lowest BCUT2D eigenvalue weighted by atomic mass is 10.1. The molecule has 0 saturated heterocycles. The Labute approximate surface area is 155 Å². The number of aryl methyl sites for hydroxylation is 1. The third kappa shape index (κ3) is 2.88. The molecule has 0 aliphatic carbocycles. The van der Waals surface area contributed by atoms with Crippen LogP contribution in [0.5, 0.6) is 0 Å². The van der Waals surface area contributed by atoms with Crippen LogP contribution in [0.2, 0.25) is 0 Å². The predicted octanol–water partition coefficient (Wildman–Crippen LogP) is 2.75. The van der Waals surface area contributed by atoms with Gasteiger partial charge in [0.05, 0.1) is 35.5 Å². The molecular weight excluding hydrogens is 348 g/mol. The fraction of sp³-hybridized carbons (Fsp3) is 0.263. The number of ether oxygens (including phenoxy) is 1. The van der Waals surface area contributed by atoms with E-state index in [9.17, 15) is 9.59 Å². The molecule has 8 heteroatoms. The van der Waals surface area contributed by atoms with Crippen molar-refractivity contribution in [2.75, 3.05) is 25.0 Å². The van der Waals surface area contributed by atoms with Crippen LogP contribution in [-0.2, 0) is 4.74 Å². The van der Waals surface area contributed by atoms with Gasteiger partial charge in [-0.1, -0.05) is 12.1 Å². The van der Waals surface area contributed by atoms with Gasteiger partial charge in [-0.3, -0.25) is 9.79 Å². The van der Waals surface area contributed by atoms with Gasteiger partial charge in [0, 0.05) is 6.54 Å². The molecular formula is C19H18N4O4. The van der Waals surface area contributed by atoms with Crippen LogP contribution in [0.1, 0.15) is 39.0 Å². The van der Waals surface area contributed by atoms with Crippen LogP contribution < -0.4 is 5.32 Å². The second-order valence-corrected chi connectivity index (χ2v) is 6.08. The number of para-hydroxylation sites is 1. The Morgan fingerprint density at radius 1 is 1.33 bits per heavy atom. The van der Waals surface area contributed by atoms with E-state index in [1.54, 1.807) is 44.5 Å². The van der Waals surface area contributed by atoms with Crippen molar-refractivity contribution in [2.45, 2.75) is 13.8 Å². The summed E-state index contributed by atoms with van der Waals surface area (Å²) in [5, 5.41) is 2.80. The van der Waals surface area contributed by atoms with Crippen LogP contribution in [0.3, 0.4) is 0 Å². The summed E-state index contributed by atoms with van der Waals surface area (Å²) in [5.41, 5.74) is 1.62. The van der Waals surface area contributed by atoms with E-state index >= 15 is 0 Å². The molecule has 2 aliphatic heterocycles. The minimum Gasteiger partial charge on any atom is -0.462 e. The monoisotopic (exact) mass is 366 g/mol. The summed E-state index contributed by atoms with van der Waals surface area (Å²) in [6.07, 6.45) is 1.66. The summed E-state index contributed by atoms with van der Waals surface area (Å²) in [7, 11) is 0. The number of carbonyl (C=O) groups is 2. The number of amides is 1. The summed E-state index contributed by atoms with van der Waals surface area (Å²) in [4.78, 5) is 35.8. The van der Waals surface area contributed by atoms with Crippen molar-refractivity contribution in [1.82, 2.24) is 4.90 Å². The van der Waals surface area contributed by atoms with Gasteiger partial charge in [0.2, 0.25) is 5.88 Å². The van der Waals surface area contributed by atoms with Crippen molar-refractivity contribution in [1.29, 1.82) is 0 Å². The van der Waals surface area contributed by atoms with Gasteiger partial charge in [-0.15, -0.1) is 0 Å². The summed E-state index contributed by atoms with van der Waals surface area (Å²) >= 11 is 0. The van der Waals surface area contributed by atoms with E-state index in [2.05, 4.69) is 15.3 Å². The Hall–Kier alpha value is -3.42. The van der Waals surface area contributed by atoms with Gasteiger partial charge >= 0.3 is 5.97 Å². The zero-order valence-electron chi connectivity index (χ0n) is 15.0. The van der Waals surface area contributed by atoms with Crippen LogP contribution >= 0.6 is 0 Å². The average molecular weight is 366 g/mol. The number of hydrogen-bond donors (Lipinski definition) is 1. The predicted molar refractivity (Wildman–Crippen MR) is 100 cm³/mol. The number of aliphatic imine (C=N–C) groups is 2. The first kappa shape index (κ1) is 17.0. The number of amidine groups is 1. The molecule has 0 bridgehead atoms. The van der Waals surface area contributed by atoms with E-state index < -0.39 is 5.97 Å². The maximum atomic E-state index is 13.0. The summed E-state index contributed by atoms with van der Waals surface area (Å²) in [6.45, 7) is 5.05. The summed E-state index contributed by atoms with van der Waals surface area (Å²) < 4.78 is 10.7. The second-order valence-electron chi connectivity index (χ2n) is 6.08. The summed E-state index contributed by atoms with van der Waals surface area (Å²) in [5.74, 6) is 0.616. The van der Waals surface area contributed by atoms with E-state index in [-0.39, 0.29) is 12.5 Å². The molecule has 1 aromatic carbocycles. The molecule has 2 aromatic rings. The molecule has 3 heterocycles. The molecule has 0 spiro atoms. The molecule has 138 valence electrons. The molecule has 0 saturated carbocycles. The minimum absolute atomic E-state index is 0.253. The Morgan fingerprint density at radius 3 is 2.96 bits per heavy atom. The molecule has 1 amide bonds. The van der Waals surface area contributed by atoms with Crippen molar-refractivity contribution in [3.8, 4) is 0 Å². The Balaban J connectivity index is 1.70. The van der Waals surface area contributed by atoms with Crippen LogP contribution in [-0.4, -0.2) is 48.6 Å². The van der Waals surface area contributed by atoms with Crippen molar-refractivity contribution >= 4 is 35.6 Å². The number of furan rings is 1. The molecule has 0 unspecified atom stereocenters. The molecule has 1 N–H and O–H groups in total. The highest BCUT2D eigenvalue weighted by atomic mass is 16.5. The Morgan fingerprint density at radius 2 is 2.15 bits per heavy atom. The van der Waals surface area contributed by atoms with E-state index in [0.717, 1.165) is 6.54 Å². The zero-order valence-corrected chi connectivity index (χ0v) is 15.0. The first-order valence-electron chi connectivity index (χ1n) is 8.66. The number of hydrogen-bond acceptors (Lipinski definition) is 7. The smallest absolute Gasteiger partial charge is 0.340 e. The van der Waals surface area contributed by atoms with E-state index in [4.69, 9.17) is 9.15 Å². The zero-order chi connectivity index (χ0) is 19.0. The summed E-state index contributed by atoms with van der Waals surface area (Å²) in [6, 6.07) is 6.72. The number of carbonyl (C=O) groups excluding carboxylic acids is 2. The number of rotatable bonds is 4. The molecule has 0 fully saturated rings. The molecule has 27 heavy (non-hydrogen) atoms. The maximum absolute atomic E-state index is 13.0. The highest BCUT2D eigenvalue weighted by Gasteiger charge is 2.33. The highest BCUT2D eigenvalue weighted by Crippen LogP contribution is 2.34. The SMILES string of the molecule is CCOC(=O)c1ccccc1NC(=O)c1c(C)oc2c1C1=NCCN1C=N2. The highest BCUT2D eigenvalue weighted by molar-refractivity contribution is 6.20. The van der Waals surface area contributed by atoms with Gasteiger partial charge in [0.1, 0.15) is 17.9 Å². The van der Waals surface area contributed by atoms with Crippen LogP contribution in [0.15, 0.2) is 38.7 Å². The van der Waals surface area contributed by atoms with Gasteiger partial charge in [-0.25, -0.2) is 9.79 Å². The third-order valence-electron chi connectivity index (χ3n) is 4.38. The Bertz CT molecular complexity index is 990. The number of fused-ring (bicyclic) bond motifs is 3. The Kier molecular flexibility index (Phi) is 4.23. The van der Waals surface area contributed by atoms with Gasteiger partial charge in [0.25, 0.3) is 5.91 Å². The fourth-order valence-corrected chi connectivity index (χ4v) is 3.18. The molecule has 4 rings (SSSR count). The lowest BCUT2D eigenvalue weighted by Gasteiger charge is -2.18. The first-order valence-corrected chi connectivity index (χ1v) is 8.66. The number of benzene rings is 1. The van der Waals surface area contributed by atoms with E-state index in [1.165, 1.54) is 0 Å². The molecule has 0 radical (unpaired) electrons. The van der Waals surface area contributed by atoms with Gasteiger partial charge in [-0.05, 0) is 26.0 Å². The molecule has 1 aromatic heterocycles. The van der Waals surface area contributed by atoms with E-state index in [0.29, 0.717) is 46.4 Å². The maximum Gasteiger partial charge on any atom is 0.340 e. The molecule has 0 atom stereocenters. The molecule has 8 nitrogen and oxygen atoms in total. The van der Waals surface area contributed by atoms with Crippen molar-refractivity contribution in [3.63, 3.8) is 0 Å². The number of nitrogens with zero attached hydrogens (tertiary/aromatic N) is 3. The van der Waals surface area contributed by atoms with Gasteiger partial charge in [0.15, 0.2) is 0 Å². The lowest BCUT2D eigenvalue weighted by Crippen LogP contribution is -2.30. The number of esters is 1. The van der Waals surface area contributed by atoms with Crippen molar-refractivity contribution < 1.29 is 18.7 Å². The van der Waals surface area contributed by atoms with Crippen LogP contribution in [0.25, 0.3) is 0 Å². The quantitative estimate of drug-likeness (QED) is 0.839. The second kappa shape index (κ2) is 6.71. The van der Waals surface area contributed by atoms with Gasteiger partial charge < -0.3 is 19.4 Å². The van der Waals surface area contributed by atoms with Gasteiger partial charge in [-0.2, -0.15) is 0 Å². The van der Waals surface area contributed by atoms with Crippen LogP contribution in [0.4, 0.5) is 11.6 Å². The largest absolute Gasteiger partial charge is 0.462 e. The first-order chi connectivity index (χ1) is 13.1. The normalized spacial score (nSPS) is 14.4. The lowest BCUT2D eigenvalue weighted by molar-refractivity contribution is 0.0527. The minimum atomic E-state index is -0.490. The third-order valence-corrected chi connectivity index (χ3v) is 4.38.